The molecule has 1 aromatic heterocycles. The number of benzene rings is 2. The van der Waals surface area contributed by atoms with Crippen LogP contribution in [0.25, 0.3) is 11.3 Å². The van der Waals surface area contributed by atoms with Crippen molar-refractivity contribution in [1.29, 1.82) is 0 Å². The van der Waals surface area contributed by atoms with E-state index in [0.29, 0.717) is 5.13 Å². The summed E-state index contributed by atoms with van der Waals surface area (Å²) in [6.45, 7) is 0. The number of anilines is 1. The predicted octanol–water partition coefficient (Wildman–Crippen LogP) is 4.17. The molecule has 8 heteroatoms. The lowest BCUT2D eigenvalue weighted by molar-refractivity contribution is -0.384. The fourth-order valence-corrected chi connectivity index (χ4v) is 2.81. The number of para-hydroxylation sites is 1. The van der Waals surface area contributed by atoms with E-state index in [4.69, 9.17) is 4.74 Å². The minimum atomic E-state index is -0.426. The molecule has 25 heavy (non-hydrogen) atoms. The maximum Gasteiger partial charge on any atom is 0.269 e. The Kier molecular flexibility index (Phi) is 5.00. The highest BCUT2D eigenvalue weighted by atomic mass is 32.1. The molecule has 0 aliphatic heterocycles. The van der Waals surface area contributed by atoms with E-state index in [1.54, 1.807) is 25.5 Å². The van der Waals surface area contributed by atoms with Crippen molar-refractivity contribution in [2.45, 2.75) is 0 Å². The zero-order chi connectivity index (χ0) is 17.6. The van der Waals surface area contributed by atoms with Crippen molar-refractivity contribution >= 4 is 28.4 Å². The summed E-state index contributed by atoms with van der Waals surface area (Å²) in [5, 5.41) is 17.3. The first-order valence-corrected chi connectivity index (χ1v) is 8.18. The number of aromatic nitrogens is 1. The third-order valence-electron chi connectivity index (χ3n) is 3.38. The van der Waals surface area contributed by atoms with Crippen LogP contribution >= 0.6 is 11.3 Å². The Morgan fingerprint density at radius 2 is 2.00 bits per heavy atom. The summed E-state index contributed by atoms with van der Waals surface area (Å²) in [6, 6.07) is 13.8. The third-order valence-corrected chi connectivity index (χ3v) is 4.13. The number of nitro groups is 1. The first-order chi connectivity index (χ1) is 12.2. The maximum atomic E-state index is 10.7. The molecule has 0 saturated heterocycles. The average molecular weight is 354 g/mol. The number of non-ortho nitro benzene ring substituents is 1. The molecule has 3 aromatic rings. The lowest BCUT2D eigenvalue weighted by Gasteiger charge is -2.02. The molecule has 1 heterocycles. The van der Waals surface area contributed by atoms with Crippen LogP contribution in [0.2, 0.25) is 0 Å². The van der Waals surface area contributed by atoms with Crippen LogP contribution in [-0.2, 0) is 0 Å². The number of hydrazone groups is 1. The Labute approximate surface area is 147 Å². The number of hydrogen-bond acceptors (Lipinski definition) is 7. The number of methoxy groups -OCH3 is 1. The van der Waals surface area contributed by atoms with Crippen LogP contribution in [0.4, 0.5) is 10.8 Å². The standard InChI is InChI=1S/C17H14N4O3S/c1-24-16-5-3-2-4-13(16)10-18-20-17-19-15(11-25-17)12-6-8-14(9-7-12)21(22)23/h2-11H,1H3,(H,19,20)/b18-10+. The molecule has 0 bridgehead atoms. The third kappa shape index (κ3) is 3.99. The molecule has 0 aliphatic rings. The normalized spacial score (nSPS) is 10.8. The second-order valence-electron chi connectivity index (χ2n) is 4.95. The Balaban J connectivity index is 1.69. The molecule has 1 N–H and O–H groups in total. The van der Waals surface area contributed by atoms with Crippen molar-refractivity contribution in [3.05, 3.63) is 69.6 Å². The van der Waals surface area contributed by atoms with Gasteiger partial charge in [0.2, 0.25) is 5.13 Å². The van der Waals surface area contributed by atoms with Gasteiger partial charge in [0, 0.05) is 28.6 Å². The summed E-state index contributed by atoms with van der Waals surface area (Å²) in [7, 11) is 1.61. The second kappa shape index (κ2) is 7.54. The van der Waals surface area contributed by atoms with Gasteiger partial charge in [-0.15, -0.1) is 11.3 Å². The summed E-state index contributed by atoms with van der Waals surface area (Å²) >= 11 is 1.40. The fourth-order valence-electron chi connectivity index (χ4n) is 2.14. The topological polar surface area (TPSA) is 89.7 Å². The maximum absolute atomic E-state index is 10.7. The lowest BCUT2D eigenvalue weighted by Crippen LogP contribution is -1.93. The smallest absolute Gasteiger partial charge is 0.269 e. The van der Waals surface area contributed by atoms with Crippen molar-refractivity contribution < 1.29 is 9.66 Å². The van der Waals surface area contributed by atoms with E-state index in [-0.39, 0.29) is 5.69 Å². The minimum absolute atomic E-state index is 0.0544. The van der Waals surface area contributed by atoms with Crippen LogP contribution in [0, 0.1) is 10.1 Å². The van der Waals surface area contributed by atoms with Gasteiger partial charge in [-0.2, -0.15) is 5.10 Å². The van der Waals surface area contributed by atoms with Crippen molar-refractivity contribution in [3.8, 4) is 17.0 Å². The van der Waals surface area contributed by atoms with Crippen molar-refractivity contribution in [3.63, 3.8) is 0 Å². The van der Waals surface area contributed by atoms with Gasteiger partial charge < -0.3 is 4.74 Å². The van der Waals surface area contributed by atoms with E-state index in [1.807, 2.05) is 29.6 Å². The van der Waals surface area contributed by atoms with E-state index >= 15 is 0 Å². The summed E-state index contributed by atoms with van der Waals surface area (Å²) < 4.78 is 5.26. The molecule has 7 nitrogen and oxygen atoms in total. The highest BCUT2D eigenvalue weighted by Crippen LogP contribution is 2.26. The molecule has 0 atom stereocenters. The van der Waals surface area contributed by atoms with E-state index in [9.17, 15) is 10.1 Å². The number of hydrogen-bond donors (Lipinski definition) is 1. The highest BCUT2D eigenvalue weighted by Gasteiger charge is 2.08. The second-order valence-corrected chi connectivity index (χ2v) is 5.81. The number of nitro benzene ring substituents is 1. The van der Waals surface area contributed by atoms with E-state index < -0.39 is 4.92 Å². The van der Waals surface area contributed by atoms with Crippen LogP contribution in [0.5, 0.6) is 5.75 Å². The average Bonchev–Trinajstić information content (AvgIpc) is 3.11. The van der Waals surface area contributed by atoms with Crippen LogP contribution in [0.1, 0.15) is 5.56 Å². The summed E-state index contributed by atoms with van der Waals surface area (Å²) in [5.41, 5.74) is 5.32. The fraction of sp³-hybridized carbons (Fsp3) is 0.0588. The molecule has 0 amide bonds. The molecular weight excluding hydrogens is 340 g/mol. The van der Waals surface area contributed by atoms with Gasteiger partial charge >= 0.3 is 0 Å². The molecule has 0 spiro atoms. The summed E-state index contributed by atoms with van der Waals surface area (Å²) in [4.78, 5) is 14.7. The number of rotatable bonds is 6. The molecule has 2 aromatic carbocycles. The minimum Gasteiger partial charge on any atom is -0.496 e. The molecule has 0 fully saturated rings. The first-order valence-electron chi connectivity index (χ1n) is 7.30. The zero-order valence-electron chi connectivity index (χ0n) is 13.2. The first kappa shape index (κ1) is 16.6. The van der Waals surface area contributed by atoms with Gasteiger partial charge in [-0.25, -0.2) is 4.98 Å². The zero-order valence-corrected chi connectivity index (χ0v) is 14.1. The van der Waals surface area contributed by atoms with Crippen molar-refractivity contribution in [1.82, 2.24) is 4.98 Å². The Morgan fingerprint density at radius 1 is 1.24 bits per heavy atom. The Morgan fingerprint density at radius 3 is 2.72 bits per heavy atom. The van der Waals surface area contributed by atoms with Crippen LogP contribution in [0.15, 0.2) is 59.0 Å². The van der Waals surface area contributed by atoms with Crippen molar-refractivity contribution in [2.75, 3.05) is 12.5 Å². The van der Waals surface area contributed by atoms with Gasteiger partial charge in [0.1, 0.15) is 5.75 Å². The van der Waals surface area contributed by atoms with Gasteiger partial charge in [0.15, 0.2) is 0 Å². The molecule has 0 unspecified atom stereocenters. The van der Waals surface area contributed by atoms with Crippen molar-refractivity contribution in [2.24, 2.45) is 5.10 Å². The molecule has 0 aliphatic carbocycles. The van der Waals surface area contributed by atoms with Gasteiger partial charge in [-0.05, 0) is 24.3 Å². The number of nitrogens with zero attached hydrogens (tertiary/aromatic N) is 3. The SMILES string of the molecule is COc1ccccc1/C=N/Nc1nc(-c2ccc([N+](=O)[O-])cc2)cs1. The van der Waals surface area contributed by atoms with Gasteiger partial charge in [0.05, 0.1) is 23.9 Å². The largest absolute Gasteiger partial charge is 0.496 e. The molecule has 126 valence electrons. The summed E-state index contributed by atoms with van der Waals surface area (Å²) in [5.74, 6) is 0.735. The molecule has 3 rings (SSSR count). The van der Waals surface area contributed by atoms with Crippen LogP contribution in [0.3, 0.4) is 0 Å². The lowest BCUT2D eigenvalue weighted by atomic mass is 10.1. The Hall–Kier alpha value is -3.26. The molecular formula is C17H14N4O3S. The van der Waals surface area contributed by atoms with Gasteiger partial charge in [0.25, 0.3) is 5.69 Å². The quantitative estimate of drug-likeness (QED) is 0.407. The monoisotopic (exact) mass is 354 g/mol. The predicted molar refractivity (Wildman–Crippen MR) is 98.4 cm³/mol. The Bertz CT molecular complexity index is 906. The highest BCUT2D eigenvalue weighted by molar-refractivity contribution is 7.14. The van der Waals surface area contributed by atoms with E-state index in [1.165, 1.54) is 23.5 Å². The van der Waals surface area contributed by atoms with Crippen LogP contribution in [-0.4, -0.2) is 23.2 Å². The van der Waals surface area contributed by atoms with E-state index in [0.717, 1.165) is 22.6 Å². The van der Waals surface area contributed by atoms with Gasteiger partial charge in [-0.3, -0.25) is 15.5 Å². The molecule has 0 saturated carbocycles. The number of thiazole rings is 1. The van der Waals surface area contributed by atoms with Crippen LogP contribution < -0.4 is 10.2 Å². The van der Waals surface area contributed by atoms with Gasteiger partial charge in [-0.1, -0.05) is 12.1 Å². The number of ether oxygens (including phenoxy) is 1. The number of nitrogens with one attached hydrogen (secondary N) is 1. The molecule has 0 radical (unpaired) electrons. The van der Waals surface area contributed by atoms with E-state index in [2.05, 4.69) is 15.5 Å². The summed E-state index contributed by atoms with van der Waals surface area (Å²) in [6.07, 6.45) is 1.66.